The number of hydrogen-bond donors (Lipinski definition) is 0. The number of nitro benzene ring substituents is 1. The maximum absolute atomic E-state index is 12.3. The summed E-state index contributed by atoms with van der Waals surface area (Å²) >= 11 is 0. The van der Waals surface area contributed by atoms with Crippen LogP contribution in [0.25, 0.3) is 0 Å². The normalized spacial score (nSPS) is 11.4. The molecule has 1 atom stereocenters. The predicted octanol–water partition coefficient (Wildman–Crippen LogP) is 7.85. The van der Waals surface area contributed by atoms with Crippen LogP contribution in [0.5, 0.6) is 5.75 Å². The Hall–Kier alpha value is -3.17. The van der Waals surface area contributed by atoms with Crippen molar-refractivity contribution in [3.63, 3.8) is 0 Å². The molecule has 0 aliphatic rings. The molecule has 0 fully saturated rings. The molecule has 0 aliphatic carbocycles. The minimum absolute atomic E-state index is 0.0531. The van der Waals surface area contributed by atoms with Gasteiger partial charge in [-0.2, -0.15) is 0 Å². The average molecular weight is 566 g/mol. The van der Waals surface area contributed by atoms with Gasteiger partial charge in [-0.3, -0.25) is 19.7 Å². The lowest BCUT2D eigenvalue weighted by Gasteiger charge is -2.17. The van der Waals surface area contributed by atoms with E-state index in [1.54, 1.807) is 0 Å². The van der Waals surface area contributed by atoms with Crippen molar-refractivity contribution >= 4 is 23.8 Å². The Labute approximate surface area is 238 Å². The first-order chi connectivity index (χ1) is 19.3. The minimum Gasteiger partial charge on any atom is -0.462 e. The molecular weight excluding hydrogens is 518 g/mol. The van der Waals surface area contributed by atoms with Crippen molar-refractivity contribution in [3.8, 4) is 5.75 Å². The van der Waals surface area contributed by atoms with Gasteiger partial charge in [0.25, 0.3) is 5.69 Å². The third-order valence-corrected chi connectivity index (χ3v) is 6.39. The zero-order valence-corrected chi connectivity index (χ0v) is 24.2. The van der Waals surface area contributed by atoms with E-state index in [0.717, 1.165) is 19.3 Å². The molecule has 0 spiro atoms. The lowest BCUT2D eigenvalue weighted by molar-refractivity contribution is -0.384. The summed E-state index contributed by atoms with van der Waals surface area (Å²) in [6.45, 7) is 2.84. The molecule has 1 rings (SSSR count). The fourth-order valence-electron chi connectivity index (χ4n) is 4.13. The van der Waals surface area contributed by atoms with Gasteiger partial charge in [0.2, 0.25) is 0 Å². The van der Waals surface area contributed by atoms with Crippen molar-refractivity contribution < 1.29 is 38.3 Å². The summed E-state index contributed by atoms with van der Waals surface area (Å²) in [4.78, 5) is 45.5. The number of benzene rings is 1. The molecule has 10 heteroatoms. The topological polar surface area (TPSA) is 131 Å². The Balaban J connectivity index is 2.17. The third kappa shape index (κ3) is 19.0. The highest BCUT2D eigenvalue weighted by atomic mass is 16.7. The molecule has 1 aromatic carbocycles. The van der Waals surface area contributed by atoms with Crippen LogP contribution in [0.15, 0.2) is 24.3 Å². The molecule has 10 nitrogen and oxygen atoms in total. The second-order valence-corrected chi connectivity index (χ2v) is 10.0. The second-order valence-electron chi connectivity index (χ2n) is 10.0. The smallest absolute Gasteiger partial charge is 0.462 e. The number of carbonyl (C=O) groups is 3. The largest absolute Gasteiger partial charge is 0.513 e. The molecule has 1 aromatic rings. The maximum Gasteiger partial charge on any atom is 0.513 e. The number of rotatable bonds is 23. The number of carbonyl (C=O) groups excluding carboxylic acids is 3. The van der Waals surface area contributed by atoms with Crippen LogP contribution < -0.4 is 4.74 Å². The van der Waals surface area contributed by atoms with E-state index < -0.39 is 29.1 Å². The standard InChI is InChI=1S/C30H47NO9/c1-3-4-5-6-7-8-9-10-11-12-13-14-15-16-17-18-29(33)39-28(23-37-25(2)32)24-38-30(34)40-27-21-19-26(20-22-27)31(35)36/h19-22,28H,3-18,23-24H2,1-2H3. The lowest BCUT2D eigenvalue weighted by Crippen LogP contribution is -2.31. The van der Waals surface area contributed by atoms with Gasteiger partial charge in [0.1, 0.15) is 19.0 Å². The average Bonchev–Trinajstić information content (AvgIpc) is 2.92. The van der Waals surface area contributed by atoms with Crippen molar-refractivity contribution in [2.45, 2.75) is 123 Å². The molecule has 0 bridgehead atoms. The first-order valence-electron chi connectivity index (χ1n) is 14.7. The zero-order valence-electron chi connectivity index (χ0n) is 24.2. The van der Waals surface area contributed by atoms with Gasteiger partial charge in [0, 0.05) is 25.5 Å². The number of ether oxygens (including phenoxy) is 4. The van der Waals surface area contributed by atoms with E-state index in [-0.39, 0.29) is 31.1 Å². The summed E-state index contributed by atoms with van der Waals surface area (Å²) in [7, 11) is 0. The highest BCUT2D eigenvalue weighted by Crippen LogP contribution is 2.18. The predicted molar refractivity (Wildman–Crippen MR) is 151 cm³/mol. The lowest BCUT2D eigenvalue weighted by atomic mass is 10.0. The van der Waals surface area contributed by atoms with E-state index in [9.17, 15) is 24.5 Å². The Morgan fingerprint density at radius 2 is 1.23 bits per heavy atom. The highest BCUT2D eigenvalue weighted by Gasteiger charge is 2.19. The van der Waals surface area contributed by atoms with Gasteiger partial charge in [-0.15, -0.1) is 0 Å². The Kier molecular flexibility index (Phi) is 19.7. The van der Waals surface area contributed by atoms with E-state index >= 15 is 0 Å². The van der Waals surface area contributed by atoms with Crippen molar-refractivity contribution in [1.29, 1.82) is 0 Å². The van der Waals surface area contributed by atoms with Gasteiger partial charge in [0.05, 0.1) is 4.92 Å². The monoisotopic (exact) mass is 565 g/mol. The summed E-state index contributed by atoms with van der Waals surface area (Å²) in [5.41, 5.74) is -0.150. The molecule has 226 valence electrons. The van der Waals surface area contributed by atoms with Crippen LogP contribution in [-0.4, -0.2) is 42.3 Å². The number of hydrogen-bond acceptors (Lipinski definition) is 9. The van der Waals surface area contributed by atoms with Crippen LogP contribution in [0.2, 0.25) is 0 Å². The summed E-state index contributed by atoms with van der Waals surface area (Å²) in [5, 5.41) is 10.7. The van der Waals surface area contributed by atoms with Crippen molar-refractivity contribution in [2.24, 2.45) is 0 Å². The van der Waals surface area contributed by atoms with E-state index in [1.807, 2.05) is 0 Å². The molecule has 0 radical (unpaired) electrons. The van der Waals surface area contributed by atoms with Crippen LogP contribution in [-0.2, 0) is 23.8 Å². The first-order valence-corrected chi connectivity index (χ1v) is 14.7. The fourth-order valence-corrected chi connectivity index (χ4v) is 4.13. The third-order valence-electron chi connectivity index (χ3n) is 6.39. The van der Waals surface area contributed by atoms with Crippen LogP contribution >= 0.6 is 0 Å². The molecular formula is C30H47NO9. The molecule has 0 aromatic heterocycles. The number of nitrogens with zero attached hydrogens (tertiary/aromatic N) is 1. The van der Waals surface area contributed by atoms with E-state index in [4.69, 9.17) is 18.9 Å². The molecule has 0 amide bonds. The van der Waals surface area contributed by atoms with Gasteiger partial charge in [0.15, 0.2) is 6.10 Å². The SMILES string of the molecule is CCCCCCCCCCCCCCCCCC(=O)OC(COC(C)=O)COC(=O)Oc1ccc([N+](=O)[O-])cc1. The highest BCUT2D eigenvalue weighted by molar-refractivity contribution is 5.70. The van der Waals surface area contributed by atoms with Gasteiger partial charge in [-0.05, 0) is 18.6 Å². The number of esters is 2. The Bertz CT molecular complexity index is 857. The first kappa shape index (κ1) is 34.9. The summed E-state index contributed by atoms with van der Waals surface area (Å²) in [5.74, 6) is -0.964. The van der Waals surface area contributed by atoms with E-state index in [2.05, 4.69) is 6.92 Å². The van der Waals surface area contributed by atoms with Crippen molar-refractivity contribution in [3.05, 3.63) is 34.4 Å². The molecule has 0 N–H and O–H groups in total. The summed E-state index contributed by atoms with van der Waals surface area (Å²) in [6, 6.07) is 4.89. The number of unbranched alkanes of at least 4 members (excludes halogenated alkanes) is 14. The number of nitro groups is 1. The van der Waals surface area contributed by atoms with Crippen molar-refractivity contribution in [2.75, 3.05) is 13.2 Å². The molecule has 1 unspecified atom stereocenters. The quantitative estimate of drug-likeness (QED) is 0.0325. The van der Waals surface area contributed by atoms with Crippen LogP contribution in [0.4, 0.5) is 10.5 Å². The van der Waals surface area contributed by atoms with Gasteiger partial charge < -0.3 is 18.9 Å². The van der Waals surface area contributed by atoms with Gasteiger partial charge >= 0.3 is 18.1 Å². The van der Waals surface area contributed by atoms with Gasteiger partial charge in [-0.1, -0.05) is 96.8 Å². The Morgan fingerprint density at radius 3 is 1.70 bits per heavy atom. The van der Waals surface area contributed by atoms with E-state index in [0.29, 0.717) is 6.42 Å². The maximum atomic E-state index is 12.3. The minimum atomic E-state index is -1.08. The fraction of sp³-hybridized carbons (Fsp3) is 0.700. The van der Waals surface area contributed by atoms with E-state index in [1.165, 1.54) is 102 Å². The molecule has 40 heavy (non-hydrogen) atoms. The van der Waals surface area contributed by atoms with Crippen LogP contribution in [0.1, 0.15) is 117 Å². The summed E-state index contributed by atoms with van der Waals surface area (Å²) < 4.78 is 20.2. The van der Waals surface area contributed by atoms with Gasteiger partial charge in [-0.25, -0.2) is 4.79 Å². The summed E-state index contributed by atoms with van der Waals surface area (Å²) in [6.07, 6.45) is 16.6. The van der Waals surface area contributed by atoms with Crippen molar-refractivity contribution in [1.82, 2.24) is 0 Å². The zero-order chi connectivity index (χ0) is 29.4. The van der Waals surface area contributed by atoms with Crippen LogP contribution in [0.3, 0.4) is 0 Å². The molecule has 0 saturated heterocycles. The molecule has 0 heterocycles. The Morgan fingerprint density at radius 1 is 0.750 bits per heavy atom. The van der Waals surface area contributed by atoms with Crippen LogP contribution in [0, 0.1) is 10.1 Å². The molecule has 0 saturated carbocycles. The second kappa shape index (κ2) is 22.6. The molecule has 0 aliphatic heterocycles. The number of non-ortho nitro benzene ring substituents is 1.